The highest BCUT2D eigenvalue weighted by molar-refractivity contribution is 5.97. The lowest BCUT2D eigenvalue weighted by atomic mass is 9.99. The van der Waals surface area contributed by atoms with Crippen LogP contribution in [0.2, 0.25) is 0 Å². The molecular weight excluding hydrogens is 442 g/mol. The summed E-state index contributed by atoms with van der Waals surface area (Å²) in [7, 11) is 0. The molecule has 1 atom stereocenters. The van der Waals surface area contributed by atoms with Gasteiger partial charge in [-0.3, -0.25) is 14.6 Å². The molecule has 1 aromatic heterocycles. The lowest BCUT2D eigenvalue weighted by Crippen LogP contribution is -2.24. The first kappa shape index (κ1) is 25.9. The van der Waals surface area contributed by atoms with Gasteiger partial charge in [0.1, 0.15) is 29.8 Å². The number of Topliss-reactive ketones (excluding diaryl/α,β-unsaturated/α-hetero) is 1. The number of aromatic nitrogens is 1. The van der Waals surface area contributed by atoms with E-state index < -0.39 is 11.7 Å². The minimum absolute atomic E-state index is 0.116. The molecule has 0 N–H and O–H groups in total. The van der Waals surface area contributed by atoms with Crippen LogP contribution in [0.1, 0.15) is 73.7 Å². The van der Waals surface area contributed by atoms with Crippen molar-refractivity contribution < 1.29 is 23.8 Å². The minimum Gasteiger partial charge on any atom is -0.489 e. The first-order chi connectivity index (χ1) is 16.6. The van der Waals surface area contributed by atoms with Crippen molar-refractivity contribution in [2.24, 2.45) is 0 Å². The van der Waals surface area contributed by atoms with Crippen molar-refractivity contribution in [3.05, 3.63) is 89.2 Å². The van der Waals surface area contributed by atoms with Crippen LogP contribution in [0.4, 0.5) is 0 Å². The summed E-state index contributed by atoms with van der Waals surface area (Å²) in [6, 6.07) is 16.8. The smallest absolute Gasteiger partial charge is 0.306 e. The summed E-state index contributed by atoms with van der Waals surface area (Å²) < 4.78 is 17.8. The highest BCUT2D eigenvalue weighted by Gasteiger charge is 2.23. The van der Waals surface area contributed by atoms with E-state index >= 15 is 0 Å². The van der Waals surface area contributed by atoms with Gasteiger partial charge in [-0.05, 0) is 70.4 Å². The standard InChI is InChI=1S/C29H33NO5/c1-20-9-6-7-11-24(20)26(14-15-28(32)35-29(3,4)5)34-27-17-23(12-13-25(27)21(2)31)33-19-22-10-8-16-30-18-22/h6-13,16-18,26H,14-15,19H2,1-5H3. The van der Waals surface area contributed by atoms with E-state index in [0.29, 0.717) is 30.1 Å². The van der Waals surface area contributed by atoms with Crippen LogP contribution in [0.25, 0.3) is 0 Å². The van der Waals surface area contributed by atoms with Crippen molar-refractivity contribution in [3.8, 4) is 11.5 Å². The van der Waals surface area contributed by atoms with Gasteiger partial charge in [0.2, 0.25) is 0 Å². The predicted octanol–water partition coefficient (Wildman–Crippen LogP) is 6.41. The number of nitrogens with zero attached hydrogens (tertiary/aromatic N) is 1. The van der Waals surface area contributed by atoms with Gasteiger partial charge in [0.25, 0.3) is 0 Å². The maximum absolute atomic E-state index is 12.4. The number of carbonyl (C=O) groups excluding carboxylic acids is 2. The molecule has 6 nitrogen and oxygen atoms in total. The SMILES string of the molecule is CC(=O)c1ccc(OCc2cccnc2)cc1OC(CCC(=O)OC(C)(C)C)c1ccccc1C. The minimum atomic E-state index is -0.558. The second-order valence-electron chi connectivity index (χ2n) is 9.45. The summed E-state index contributed by atoms with van der Waals surface area (Å²) in [5.41, 5.74) is 2.82. The fraction of sp³-hybridized carbons (Fsp3) is 0.345. The Bertz CT molecular complexity index is 1150. The normalized spacial score (nSPS) is 12.0. The third kappa shape index (κ3) is 7.95. The Balaban J connectivity index is 1.85. The molecule has 0 spiro atoms. The van der Waals surface area contributed by atoms with Gasteiger partial charge in [-0.2, -0.15) is 0 Å². The molecule has 0 aliphatic carbocycles. The van der Waals surface area contributed by atoms with Gasteiger partial charge in [-0.15, -0.1) is 0 Å². The lowest BCUT2D eigenvalue weighted by Gasteiger charge is -2.24. The molecule has 0 aliphatic rings. The zero-order valence-electron chi connectivity index (χ0n) is 21.0. The number of ether oxygens (including phenoxy) is 3. The van der Waals surface area contributed by atoms with Crippen molar-refractivity contribution in [2.45, 2.75) is 65.8 Å². The molecule has 1 heterocycles. The number of aryl methyl sites for hydroxylation is 1. The Labute approximate surface area is 207 Å². The number of esters is 1. The lowest BCUT2D eigenvalue weighted by molar-refractivity contribution is -0.155. The zero-order valence-corrected chi connectivity index (χ0v) is 21.0. The van der Waals surface area contributed by atoms with Crippen LogP contribution in [0.15, 0.2) is 67.0 Å². The molecule has 0 saturated heterocycles. The van der Waals surface area contributed by atoms with E-state index in [9.17, 15) is 9.59 Å². The van der Waals surface area contributed by atoms with Crippen LogP contribution in [-0.2, 0) is 16.1 Å². The second-order valence-corrected chi connectivity index (χ2v) is 9.45. The molecule has 35 heavy (non-hydrogen) atoms. The molecule has 3 aromatic rings. The van der Waals surface area contributed by atoms with Gasteiger partial charge in [-0.25, -0.2) is 0 Å². The van der Waals surface area contributed by atoms with Crippen LogP contribution in [0.3, 0.4) is 0 Å². The number of carbonyl (C=O) groups is 2. The van der Waals surface area contributed by atoms with Crippen LogP contribution < -0.4 is 9.47 Å². The predicted molar refractivity (Wildman–Crippen MR) is 135 cm³/mol. The summed E-state index contributed by atoms with van der Waals surface area (Å²) in [6.07, 6.45) is 3.59. The fourth-order valence-corrected chi connectivity index (χ4v) is 3.65. The summed E-state index contributed by atoms with van der Waals surface area (Å²) >= 11 is 0. The van der Waals surface area contributed by atoms with E-state index in [-0.39, 0.29) is 18.2 Å². The number of hydrogen-bond donors (Lipinski definition) is 0. The highest BCUT2D eigenvalue weighted by Crippen LogP contribution is 2.33. The third-order valence-corrected chi connectivity index (χ3v) is 5.30. The Hall–Kier alpha value is -3.67. The Morgan fingerprint density at radius 2 is 1.80 bits per heavy atom. The molecule has 0 aliphatic heterocycles. The zero-order chi connectivity index (χ0) is 25.4. The van der Waals surface area contributed by atoms with Crippen LogP contribution >= 0.6 is 0 Å². The molecule has 1 unspecified atom stereocenters. The van der Waals surface area contributed by atoms with Crippen LogP contribution in [-0.4, -0.2) is 22.3 Å². The summed E-state index contributed by atoms with van der Waals surface area (Å²) in [5, 5.41) is 0. The molecule has 0 fully saturated rings. The summed E-state index contributed by atoms with van der Waals surface area (Å²) in [4.78, 5) is 28.9. The van der Waals surface area contributed by atoms with E-state index in [4.69, 9.17) is 14.2 Å². The van der Waals surface area contributed by atoms with E-state index in [0.717, 1.165) is 16.7 Å². The molecular formula is C29H33NO5. The molecule has 2 aromatic carbocycles. The molecule has 184 valence electrons. The summed E-state index contributed by atoms with van der Waals surface area (Å²) in [6.45, 7) is 9.37. The van der Waals surface area contributed by atoms with E-state index in [1.54, 1.807) is 30.6 Å². The van der Waals surface area contributed by atoms with Crippen LogP contribution in [0, 0.1) is 6.92 Å². The number of pyridine rings is 1. The van der Waals surface area contributed by atoms with Gasteiger partial charge in [0.05, 0.1) is 5.56 Å². The molecule has 0 bridgehead atoms. The number of ketones is 1. The van der Waals surface area contributed by atoms with Gasteiger partial charge in [0, 0.05) is 30.4 Å². The van der Waals surface area contributed by atoms with Crippen LogP contribution in [0.5, 0.6) is 11.5 Å². The van der Waals surface area contributed by atoms with Crippen molar-refractivity contribution in [1.82, 2.24) is 4.98 Å². The average molecular weight is 476 g/mol. The summed E-state index contributed by atoms with van der Waals surface area (Å²) in [5.74, 6) is 0.581. The van der Waals surface area contributed by atoms with Crippen molar-refractivity contribution in [2.75, 3.05) is 0 Å². The average Bonchev–Trinajstić information content (AvgIpc) is 2.80. The third-order valence-electron chi connectivity index (χ3n) is 5.30. The van der Waals surface area contributed by atoms with Gasteiger partial charge in [-0.1, -0.05) is 30.3 Å². The highest BCUT2D eigenvalue weighted by atomic mass is 16.6. The van der Waals surface area contributed by atoms with E-state index in [2.05, 4.69) is 4.98 Å². The maximum Gasteiger partial charge on any atom is 0.306 e. The van der Waals surface area contributed by atoms with E-state index in [1.165, 1.54) is 6.92 Å². The van der Waals surface area contributed by atoms with Gasteiger partial charge < -0.3 is 14.2 Å². The van der Waals surface area contributed by atoms with Crippen molar-refractivity contribution in [1.29, 1.82) is 0 Å². The van der Waals surface area contributed by atoms with Crippen molar-refractivity contribution in [3.63, 3.8) is 0 Å². The van der Waals surface area contributed by atoms with Crippen molar-refractivity contribution >= 4 is 11.8 Å². The monoisotopic (exact) mass is 475 g/mol. The number of hydrogen-bond acceptors (Lipinski definition) is 6. The number of rotatable bonds is 10. The molecule has 3 rings (SSSR count). The van der Waals surface area contributed by atoms with Gasteiger partial charge >= 0.3 is 5.97 Å². The first-order valence-corrected chi connectivity index (χ1v) is 11.7. The molecule has 0 saturated carbocycles. The molecule has 6 heteroatoms. The Kier molecular flexibility index (Phi) is 8.63. The fourth-order valence-electron chi connectivity index (χ4n) is 3.65. The first-order valence-electron chi connectivity index (χ1n) is 11.7. The van der Waals surface area contributed by atoms with Gasteiger partial charge in [0.15, 0.2) is 5.78 Å². The second kappa shape index (κ2) is 11.6. The number of benzene rings is 2. The molecule has 0 amide bonds. The largest absolute Gasteiger partial charge is 0.489 e. The van der Waals surface area contributed by atoms with E-state index in [1.807, 2.05) is 64.1 Å². The Morgan fingerprint density at radius 1 is 1.03 bits per heavy atom. The Morgan fingerprint density at radius 3 is 2.46 bits per heavy atom. The maximum atomic E-state index is 12.4. The molecule has 0 radical (unpaired) electrons. The quantitative estimate of drug-likeness (QED) is 0.249. The topological polar surface area (TPSA) is 74.7 Å².